The van der Waals surface area contributed by atoms with Crippen LogP contribution in [0.5, 0.6) is 5.75 Å². The summed E-state index contributed by atoms with van der Waals surface area (Å²) >= 11 is 0. The van der Waals surface area contributed by atoms with Crippen LogP contribution in [0.2, 0.25) is 0 Å². The minimum absolute atomic E-state index is 0.102. The smallest absolute Gasteiger partial charge is 0.310 e. The van der Waals surface area contributed by atoms with E-state index in [0.717, 1.165) is 35.1 Å². The molecule has 0 aliphatic rings. The Kier molecular flexibility index (Phi) is 10.2. The van der Waals surface area contributed by atoms with Crippen molar-refractivity contribution in [1.29, 1.82) is 0 Å². The number of aliphatic hydroxyl groups is 1. The molecule has 0 unspecified atom stereocenters. The van der Waals surface area contributed by atoms with Gasteiger partial charge in [-0.15, -0.1) is 0 Å². The van der Waals surface area contributed by atoms with Crippen LogP contribution in [-0.2, 0) is 21.4 Å². The van der Waals surface area contributed by atoms with Gasteiger partial charge in [0.05, 0.1) is 26.2 Å². The summed E-state index contributed by atoms with van der Waals surface area (Å²) in [5, 5.41) is 10.7. The summed E-state index contributed by atoms with van der Waals surface area (Å²) < 4.78 is 10.3. The zero-order chi connectivity index (χ0) is 28.6. The Hall–Kier alpha value is -3.37. The lowest BCUT2D eigenvalue weighted by Gasteiger charge is -2.34. The van der Waals surface area contributed by atoms with E-state index in [2.05, 4.69) is 69.3 Å². The van der Waals surface area contributed by atoms with Gasteiger partial charge in [0.25, 0.3) is 0 Å². The van der Waals surface area contributed by atoms with E-state index >= 15 is 0 Å². The molecule has 4 nitrogen and oxygen atoms in total. The average Bonchev–Trinajstić information content (AvgIpc) is 2.97. The largest absolute Gasteiger partial charge is 0.496 e. The molecule has 0 saturated heterocycles. The topological polar surface area (TPSA) is 55.8 Å². The highest BCUT2D eigenvalue weighted by Gasteiger charge is 2.31. The molecule has 208 valence electrons. The standard InChI is InChI=1S/C35H44O4/c1-8-34(37,9-2)21-20-26-12-18-31(22-25(26)5)35(10-3,11-4)30-16-13-27(14-17-30)28-15-19-32(38-6)29(23-28)24-33(36)39-7/h12-23,37H,8-11,24H2,1-7H3/b21-20+. The number of esters is 1. The highest BCUT2D eigenvalue weighted by Crippen LogP contribution is 2.40. The zero-order valence-corrected chi connectivity index (χ0v) is 24.6. The van der Waals surface area contributed by atoms with Gasteiger partial charge in [-0.3, -0.25) is 4.79 Å². The summed E-state index contributed by atoms with van der Waals surface area (Å²) in [6.07, 6.45) is 7.53. The second-order valence-corrected chi connectivity index (χ2v) is 10.4. The Morgan fingerprint density at radius 2 is 1.44 bits per heavy atom. The summed E-state index contributed by atoms with van der Waals surface area (Å²) in [7, 11) is 3.01. The van der Waals surface area contributed by atoms with Gasteiger partial charge < -0.3 is 14.6 Å². The fourth-order valence-electron chi connectivity index (χ4n) is 5.43. The van der Waals surface area contributed by atoms with Gasteiger partial charge in [0, 0.05) is 11.0 Å². The van der Waals surface area contributed by atoms with E-state index in [4.69, 9.17) is 9.47 Å². The van der Waals surface area contributed by atoms with Crippen molar-refractivity contribution in [2.24, 2.45) is 0 Å². The lowest BCUT2D eigenvalue weighted by Crippen LogP contribution is -2.26. The van der Waals surface area contributed by atoms with Crippen LogP contribution in [-0.4, -0.2) is 30.9 Å². The predicted molar refractivity (Wildman–Crippen MR) is 161 cm³/mol. The van der Waals surface area contributed by atoms with Crippen LogP contribution in [0.4, 0.5) is 0 Å². The van der Waals surface area contributed by atoms with Gasteiger partial charge in [-0.05, 0) is 78.1 Å². The van der Waals surface area contributed by atoms with Crippen LogP contribution >= 0.6 is 0 Å². The third-order valence-corrected chi connectivity index (χ3v) is 8.44. The Balaban J connectivity index is 1.95. The van der Waals surface area contributed by atoms with Gasteiger partial charge in [0.1, 0.15) is 5.75 Å². The second kappa shape index (κ2) is 13.1. The fourth-order valence-corrected chi connectivity index (χ4v) is 5.43. The molecule has 0 fully saturated rings. The number of carbonyl (C=O) groups is 1. The van der Waals surface area contributed by atoms with Gasteiger partial charge in [0.15, 0.2) is 0 Å². The number of methoxy groups -OCH3 is 2. The molecule has 4 heteroatoms. The van der Waals surface area contributed by atoms with Gasteiger partial charge >= 0.3 is 5.97 Å². The van der Waals surface area contributed by atoms with Crippen LogP contribution in [0.15, 0.2) is 66.7 Å². The minimum atomic E-state index is -0.757. The summed E-state index contributed by atoms with van der Waals surface area (Å²) in [6, 6.07) is 21.5. The summed E-state index contributed by atoms with van der Waals surface area (Å²) in [6.45, 7) is 10.7. The molecule has 0 radical (unpaired) electrons. The van der Waals surface area contributed by atoms with Crippen LogP contribution in [0.3, 0.4) is 0 Å². The Labute approximate surface area is 234 Å². The van der Waals surface area contributed by atoms with E-state index in [9.17, 15) is 9.90 Å². The van der Waals surface area contributed by atoms with Crippen molar-refractivity contribution < 1.29 is 19.4 Å². The first kappa shape index (κ1) is 30.2. The van der Waals surface area contributed by atoms with E-state index in [1.54, 1.807) is 7.11 Å². The summed E-state index contributed by atoms with van der Waals surface area (Å²) in [4.78, 5) is 11.9. The molecule has 0 aromatic heterocycles. The number of ether oxygens (including phenoxy) is 2. The molecule has 0 heterocycles. The van der Waals surface area contributed by atoms with Crippen LogP contribution in [0.1, 0.15) is 81.2 Å². The monoisotopic (exact) mass is 528 g/mol. The molecule has 3 aromatic carbocycles. The van der Waals surface area contributed by atoms with Crippen LogP contribution in [0, 0.1) is 6.92 Å². The van der Waals surface area contributed by atoms with Gasteiger partial charge in [-0.25, -0.2) is 0 Å². The van der Waals surface area contributed by atoms with Crippen molar-refractivity contribution in [3.05, 3.63) is 94.6 Å². The number of rotatable bonds is 12. The molecule has 0 saturated carbocycles. The lowest BCUT2D eigenvalue weighted by molar-refractivity contribution is -0.139. The van der Waals surface area contributed by atoms with Crippen molar-refractivity contribution >= 4 is 12.0 Å². The third-order valence-electron chi connectivity index (χ3n) is 8.44. The number of hydrogen-bond donors (Lipinski definition) is 1. The van der Waals surface area contributed by atoms with Crippen molar-refractivity contribution in [3.8, 4) is 16.9 Å². The molecular formula is C35H44O4. The molecule has 0 spiro atoms. The van der Waals surface area contributed by atoms with Gasteiger partial charge in [0.2, 0.25) is 0 Å². The van der Waals surface area contributed by atoms with Gasteiger partial charge in [-0.1, -0.05) is 88.4 Å². The molecule has 0 aliphatic heterocycles. The van der Waals surface area contributed by atoms with E-state index in [-0.39, 0.29) is 17.8 Å². The molecule has 0 bridgehead atoms. The van der Waals surface area contributed by atoms with E-state index in [1.165, 1.54) is 23.8 Å². The third kappa shape index (κ3) is 6.62. The average molecular weight is 529 g/mol. The number of carbonyl (C=O) groups excluding carboxylic acids is 1. The molecule has 1 N–H and O–H groups in total. The first-order valence-electron chi connectivity index (χ1n) is 14.1. The molecule has 3 rings (SSSR count). The van der Waals surface area contributed by atoms with E-state index in [0.29, 0.717) is 18.6 Å². The number of benzene rings is 3. The molecule has 0 atom stereocenters. The molecule has 3 aromatic rings. The normalized spacial score (nSPS) is 12.1. The zero-order valence-electron chi connectivity index (χ0n) is 24.6. The minimum Gasteiger partial charge on any atom is -0.496 e. The molecule has 0 amide bonds. The Morgan fingerprint density at radius 3 is 1.97 bits per heavy atom. The SMILES string of the molecule is CCC(O)(/C=C/c1ccc(C(CC)(CC)c2ccc(-c3ccc(OC)c(CC(=O)OC)c3)cc2)cc1C)CC. The van der Waals surface area contributed by atoms with Crippen molar-refractivity contribution in [2.75, 3.05) is 14.2 Å². The number of hydrogen-bond acceptors (Lipinski definition) is 4. The number of aryl methyl sites for hydroxylation is 1. The predicted octanol–water partition coefficient (Wildman–Crippen LogP) is 8.06. The molecule has 0 aliphatic carbocycles. The van der Waals surface area contributed by atoms with Crippen molar-refractivity contribution in [1.82, 2.24) is 0 Å². The second-order valence-electron chi connectivity index (χ2n) is 10.4. The highest BCUT2D eigenvalue weighted by atomic mass is 16.5. The van der Waals surface area contributed by atoms with Gasteiger partial charge in [-0.2, -0.15) is 0 Å². The highest BCUT2D eigenvalue weighted by molar-refractivity contribution is 5.75. The maximum absolute atomic E-state index is 11.9. The first-order chi connectivity index (χ1) is 18.7. The lowest BCUT2D eigenvalue weighted by atomic mass is 9.70. The van der Waals surface area contributed by atoms with Crippen molar-refractivity contribution in [3.63, 3.8) is 0 Å². The summed E-state index contributed by atoms with van der Waals surface area (Å²) in [5.41, 5.74) is 7.01. The summed E-state index contributed by atoms with van der Waals surface area (Å²) in [5.74, 6) is 0.388. The Bertz CT molecular complexity index is 1280. The van der Waals surface area contributed by atoms with Crippen LogP contribution < -0.4 is 4.74 Å². The van der Waals surface area contributed by atoms with E-state index < -0.39 is 5.60 Å². The fraction of sp³-hybridized carbons (Fsp3) is 0.400. The van der Waals surface area contributed by atoms with Crippen molar-refractivity contribution in [2.45, 2.75) is 77.7 Å². The molecule has 39 heavy (non-hydrogen) atoms. The Morgan fingerprint density at radius 1 is 0.821 bits per heavy atom. The molecular weight excluding hydrogens is 484 g/mol. The quantitative estimate of drug-likeness (QED) is 0.242. The first-order valence-corrected chi connectivity index (χ1v) is 14.1. The van der Waals surface area contributed by atoms with Crippen LogP contribution in [0.25, 0.3) is 17.2 Å². The van der Waals surface area contributed by atoms with E-state index in [1.807, 2.05) is 38.1 Å². The maximum Gasteiger partial charge on any atom is 0.310 e. The maximum atomic E-state index is 11.9.